The summed E-state index contributed by atoms with van der Waals surface area (Å²) in [6.07, 6.45) is 2.36. The van der Waals surface area contributed by atoms with Gasteiger partial charge in [-0.15, -0.1) is 8.38 Å². The zero-order valence-corrected chi connectivity index (χ0v) is 11.5. The van der Waals surface area contributed by atoms with E-state index in [-0.39, 0.29) is 29.6 Å². The summed E-state index contributed by atoms with van der Waals surface area (Å²) in [5, 5.41) is 0. The van der Waals surface area contributed by atoms with E-state index in [4.69, 9.17) is 4.55 Å². The topological polar surface area (TPSA) is 71.4 Å². The number of benzene rings is 1. The molecule has 0 unspecified atom stereocenters. The Balaban J connectivity index is 0. The Bertz CT molecular complexity index is 491. The number of rotatable bonds is 1. The van der Waals surface area contributed by atoms with Crippen LogP contribution >= 0.6 is 0 Å². The van der Waals surface area contributed by atoms with Gasteiger partial charge in [0, 0.05) is 12.5 Å². The molecule has 17 heavy (non-hydrogen) atoms. The van der Waals surface area contributed by atoms with E-state index in [1.54, 1.807) is 0 Å². The van der Waals surface area contributed by atoms with Crippen molar-refractivity contribution in [3.8, 4) is 0 Å². The zero-order valence-electron chi connectivity index (χ0n) is 9.88. The molecule has 0 atom stereocenters. The molecule has 0 aliphatic carbocycles. The van der Waals surface area contributed by atoms with Gasteiger partial charge in [0.05, 0.1) is 6.26 Å². The Kier molecular flexibility index (Phi) is 7.44. The van der Waals surface area contributed by atoms with Crippen LogP contribution in [0, 0.1) is 6.92 Å². The van der Waals surface area contributed by atoms with Gasteiger partial charge < -0.3 is 0 Å². The van der Waals surface area contributed by atoms with Crippen LogP contribution in [0.5, 0.6) is 0 Å². The van der Waals surface area contributed by atoms with Crippen LogP contribution < -0.4 is 0 Å². The predicted octanol–water partition coefficient (Wildman–Crippen LogP) is 0.845. The fourth-order valence-electron chi connectivity index (χ4n) is 0.534. The average Bonchev–Trinajstić information content (AvgIpc) is 2.00. The van der Waals surface area contributed by atoms with Crippen LogP contribution in [-0.2, 0) is 17.2 Å². The normalized spacial score (nSPS) is 13.4. The van der Waals surface area contributed by atoms with E-state index in [0.29, 0.717) is 0 Å². The molecule has 0 aliphatic heterocycles. The molecule has 0 spiro atoms. The molecule has 0 aliphatic rings. The van der Waals surface area contributed by atoms with Crippen molar-refractivity contribution < 1.29 is 17.2 Å². The zero-order chi connectivity index (χ0) is 13.1. The third-order valence-corrected chi connectivity index (χ3v) is 8.72. The van der Waals surface area contributed by atoms with Crippen molar-refractivity contribution in [2.75, 3.05) is 18.8 Å². The van der Waals surface area contributed by atoms with Crippen LogP contribution in [0.25, 0.3) is 0 Å². The van der Waals surface area contributed by atoms with E-state index in [1.807, 2.05) is 18.2 Å². The van der Waals surface area contributed by atoms with Gasteiger partial charge in [0.25, 0.3) is 0 Å². The molecule has 1 aromatic rings. The van der Waals surface area contributed by atoms with Gasteiger partial charge in [0.15, 0.2) is 0 Å². The molecule has 1 N–H and O–H groups in total. The Hall–Kier alpha value is 0.280. The standard InChI is InChI=1S/C7H8.C3H10O4S2.Na.H/c1-7-5-3-2-4-6-7;1-8(4,5)9(2,3,6)7;;/h2-6H,1H3;1-3H3,(H,6,7);;. The second-order valence-corrected chi connectivity index (χ2v) is 13.4. The molecular formula is C10H19NaO4S2. The summed E-state index contributed by atoms with van der Waals surface area (Å²) >= 11 is 0. The number of aryl methyl sites for hydroxylation is 1. The van der Waals surface area contributed by atoms with Crippen LogP contribution in [0.15, 0.2) is 30.3 Å². The Morgan fingerprint density at radius 3 is 1.53 bits per heavy atom. The molecule has 4 nitrogen and oxygen atoms in total. The quantitative estimate of drug-likeness (QED) is 0.615. The second-order valence-electron chi connectivity index (χ2n) is 4.02. The molecule has 0 saturated carbocycles. The van der Waals surface area contributed by atoms with Crippen molar-refractivity contribution in [3.63, 3.8) is 0 Å². The molecule has 1 aromatic carbocycles. The van der Waals surface area contributed by atoms with E-state index in [9.17, 15) is 12.6 Å². The van der Waals surface area contributed by atoms with Crippen molar-refractivity contribution in [1.82, 2.24) is 0 Å². The summed E-state index contributed by atoms with van der Waals surface area (Å²) in [6, 6.07) is 10.3. The molecule has 7 heteroatoms. The van der Waals surface area contributed by atoms with Crippen molar-refractivity contribution in [1.29, 1.82) is 0 Å². The van der Waals surface area contributed by atoms with Crippen LogP contribution in [0.2, 0.25) is 0 Å². The van der Waals surface area contributed by atoms with Crippen LogP contribution in [0.1, 0.15) is 5.56 Å². The van der Waals surface area contributed by atoms with Crippen LogP contribution in [-0.4, -0.2) is 65.5 Å². The average molecular weight is 290 g/mol. The molecule has 0 heterocycles. The van der Waals surface area contributed by atoms with Crippen LogP contribution in [0.3, 0.4) is 0 Å². The summed E-state index contributed by atoms with van der Waals surface area (Å²) in [5.74, 6) is 0. The summed E-state index contributed by atoms with van der Waals surface area (Å²) in [6.45, 7) is 2.08. The molecule has 0 amide bonds. The molecule has 0 aromatic heterocycles. The number of hydrogen-bond acceptors (Lipinski definition) is 3. The third-order valence-electron chi connectivity index (χ3n) is 1.80. The fraction of sp³-hybridized carbons (Fsp3) is 0.400. The summed E-state index contributed by atoms with van der Waals surface area (Å²) in [7, 11) is -8.19. The predicted molar refractivity (Wildman–Crippen MR) is 75.8 cm³/mol. The van der Waals surface area contributed by atoms with Gasteiger partial charge in [0.1, 0.15) is 0 Å². The molecule has 96 valence electrons. The van der Waals surface area contributed by atoms with Crippen molar-refractivity contribution >= 4 is 46.8 Å². The maximum atomic E-state index is 10.8. The third kappa shape index (κ3) is 8.07. The van der Waals surface area contributed by atoms with E-state index < -0.39 is 17.2 Å². The Morgan fingerprint density at radius 1 is 1.12 bits per heavy atom. The van der Waals surface area contributed by atoms with Gasteiger partial charge in [-0.3, -0.25) is 4.55 Å². The molecule has 0 fully saturated rings. The fourth-order valence-corrected chi connectivity index (χ4v) is 0.534. The first-order valence-electron chi connectivity index (χ1n) is 4.48. The monoisotopic (exact) mass is 290 g/mol. The van der Waals surface area contributed by atoms with Gasteiger partial charge >= 0.3 is 29.6 Å². The summed E-state index contributed by atoms with van der Waals surface area (Å²) in [5.41, 5.74) is 1.32. The van der Waals surface area contributed by atoms with E-state index in [2.05, 4.69) is 19.1 Å². The van der Waals surface area contributed by atoms with E-state index in [1.165, 1.54) is 5.56 Å². The summed E-state index contributed by atoms with van der Waals surface area (Å²) < 4.78 is 40.5. The Morgan fingerprint density at radius 2 is 1.41 bits per heavy atom. The van der Waals surface area contributed by atoms with Gasteiger partial charge in [-0.2, -0.15) is 4.21 Å². The van der Waals surface area contributed by atoms with Crippen molar-refractivity contribution in [2.24, 2.45) is 0 Å². The molecule has 0 bridgehead atoms. The van der Waals surface area contributed by atoms with Gasteiger partial charge in [-0.25, -0.2) is 8.42 Å². The minimum absolute atomic E-state index is 0. The Labute approximate surface area is 125 Å². The second kappa shape index (κ2) is 6.45. The van der Waals surface area contributed by atoms with Crippen LogP contribution in [0.4, 0.5) is 0 Å². The minimum atomic E-state index is -4.36. The van der Waals surface area contributed by atoms with Crippen molar-refractivity contribution in [3.05, 3.63) is 35.9 Å². The molecule has 0 radical (unpaired) electrons. The maximum absolute atomic E-state index is 10.8. The summed E-state index contributed by atoms with van der Waals surface area (Å²) in [4.78, 5) is 0. The first-order chi connectivity index (χ1) is 6.91. The molecule has 1 rings (SSSR count). The number of hydrogen-bond donors (Lipinski definition) is 1. The molecule has 0 saturated heterocycles. The first-order valence-corrected chi connectivity index (χ1v) is 9.63. The van der Waals surface area contributed by atoms with Crippen molar-refractivity contribution in [2.45, 2.75) is 6.92 Å². The van der Waals surface area contributed by atoms with E-state index in [0.717, 1.165) is 18.8 Å². The SMILES string of the molecule is CS(=O)(=O)S(C)(C)(=O)O.Cc1ccccc1.[NaH]. The first kappa shape index (κ1) is 19.6. The van der Waals surface area contributed by atoms with Gasteiger partial charge in [-0.05, 0) is 6.92 Å². The van der Waals surface area contributed by atoms with E-state index >= 15 is 0 Å². The van der Waals surface area contributed by atoms with Gasteiger partial charge in [-0.1, -0.05) is 35.9 Å². The van der Waals surface area contributed by atoms with Gasteiger partial charge in [0.2, 0.25) is 8.87 Å². The molecular weight excluding hydrogens is 271 g/mol.